The van der Waals surface area contributed by atoms with E-state index in [4.69, 9.17) is 4.74 Å². The second-order valence-corrected chi connectivity index (χ2v) is 4.06. The fraction of sp³-hybridized carbons (Fsp3) is 0.286. The van der Waals surface area contributed by atoms with E-state index in [1.54, 1.807) is 17.8 Å². The first-order valence-electron chi connectivity index (χ1n) is 5.93. The molecule has 0 spiro atoms. The summed E-state index contributed by atoms with van der Waals surface area (Å²) < 4.78 is 6.76. The lowest BCUT2D eigenvalue weighted by atomic mass is 10.2. The number of rotatable bonds is 3. The molecule has 0 aliphatic heterocycles. The molecule has 0 radical (unpaired) electrons. The number of ether oxygens (including phenoxy) is 1. The van der Waals surface area contributed by atoms with Crippen LogP contribution in [0.2, 0.25) is 0 Å². The summed E-state index contributed by atoms with van der Waals surface area (Å²) in [5.41, 5.74) is 3.40. The van der Waals surface area contributed by atoms with Gasteiger partial charge in [-0.1, -0.05) is 18.2 Å². The van der Waals surface area contributed by atoms with Gasteiger partial charge in [-0.2, -0.15) is 5.10 Å². The van der Waals surface area contributed by atoms with Gasteiger partial charge in [-0.25, -0.2) is 9.48 Å². The van der Waals surface area contributed by atoms with Crippen molar-refractivity contribution in [2.75, 3.05) is 6.61 Å². The summed E-state index contributed by atoms with van der Waals surface area (Å²) in [6.07, 6.45) is 1.56. The van der Waals surface area contributed by atoms with Gasteiger partial charge >= 0.3 is 5.97 Å². The van der Waals surface area contributed by atoms with E-state index in [-0.39, 0.29) is 5.97 Å². The van der Waals surface area contributed by atoms with Crippen molar-refractivity contribution in [3.63, 3.8) is 0 Å². The molecule has 0 fully saturated rings. The average Bonchev–Trinajstić information content (AvgIpc) is 2.72. The van der Waals surface area contributed by atoms with E-state index < -0.39 is 0 Å². The molecule has 94 valence electrons. The molecular formula is C14H16N2O2. The molecule has 4 nitrogen and oxygen atoms in total. The number of benzene rings is 1. The van der Waals surface area contributed by atoms with Crippen molar-refractivity contribution >= 4 is 5.97 Å². The Bertz CT molecular complexity index is 573. The lowest BCUT2D eigenvalue weighted by Gasteiger charge is -2.08. The summed E-state index contributed by atoms with van der Waals surface area (Å²) >= 11 is 0. The van der Waals surface area contributed by atoms with Crippen LogP contribution in [0.15, 0.2) is 30.5 Å². The first-order valence-corrected chi connectivity index (χ1v) is 5.93. The van der Waals surface area contributed by atoms with Gasteiger partial charge in [-0.3, -0.25) is 0 Å². The van der Waals surface area contributed by atoms with Crippen LogP contribution in [-0.2, 0) is 4.74 Å². The molecule has 0 unspecified atom stereocenters. The Labute approximate surface area is 106 Å². The number of esters is 1. The molecule has 0 saturated heterocycles. The summed E-state index contributed by atoms with van der Waals surface area (Å²) in [5.74, 6) is -0.324. The number of aryl methyl sites for hydroxylation is 1. The minimum Gasteiger partial charge on any atom is -0.462 e. The average molecular weight is 244 g/mol. The van der Waals surface area contributed by atoms with Crippen molar-refractivity contribution < 1.29 is 9.53 Å². The van der Waals surface area contributed by atoms with Crippen LogP contribution < -0.4 is 0 Å². The lowest BCUT2D eigenvalue weighted by Crippen LogP contribution is -2.07. The van der Waals surface area contributed by atoms with Crippen LogP contribution in [0.1, 0.15) is 28.5 Å². The van der Waals surface area contributed by atoms with E-state index in [1.807, 2.05) is 38.1 Å². The summed E-state index contributed by atoms with van der Waals surface area (Å²) in [5, 5.41) is 4.27. The molecule has 0 saturated carbocycles. The highest BCUT2D eigenvalue weighted by molar-refractivity contribution is 5.90. The van der Waals surface area contributed by atoms with E-state index in [0.717, 1.165) is 16.9 Å². The molecule has 0 amide bonds. The SMILES string of the molecule is CCOC(=O)c1cnn(-c2ccccc2C)c1C. The van der Waals surface area contributed by atoms with Crippen LogP contribution in [0.25, 0.3) is 5.69 Å². The molecule has 0 N–H and O–H groups in total. The molecule has 4 heteroatoms. The zero-order valence-corrected chi connectivity index (χ0v) is 10.8. The lowest BCUT2D eigenvalue weighted by molar-refractivity contribution is 0.0525. The highest BCUT2D eigenvalue weighted by atomic mass is 16.5. The van der Waals surface area contributed by atoms with Gasteiger partial charge in [-0.15, -0.1) is 0 Å². The Balaban J connectivity index is 2.43. The minimum atomic E-state index is -0.324. The summed E-state index contributed by atoms with van der Waals surface area (Å²) in [6.45, 7) is 6.04. The van der Waals surface area contributed by atoms with Crippen molar-refractivity contribution in [2.24, 2.45) is 0 Å². The maximum Gasteiger partial charge on any atom is 0.341 e. The number of hydrogen-bond acceptors (Lipinski definition) is 3. The van der Waals surface area contributed by atoms with Crippen molar-refractivity contribution in [1.29, 1.82) is 0 Å². The van der Waals surface area contributed by atoms with Crippen molar-refractivity contribution in [3.05, 3.63) is 47.3 Å². The maximum absolute atomic E-state index is 11.7. The van der Waals surface area contributed by atoms with Crippen LogP contribution in [0.4, 0.5) is 0 Å². The Hall–Kier alpha value is -2.10. The number of para-hydroxylation sites is 1. The third kappa shape index (κ3) is 2.14. The molecule has 0 bridgehead atoms. The van der Waals surface area contributed by atoms with Gasteiger partial charge in [0.1, 0.15) is 5.56 Å². The normalized spacial score (nSPS) is 10.4. The van der Waals surface area contributed by atoms with Gasteiger partial charge in [0.15, 0.2) is 0 Å². The van der Waals surface area contributed by atoms with Crippen molar-refractivity contribution in [2.45, 2.75) is 20.8 Å². The number of carbonyl (C=O) groups excluding carboxylic acids is 1. The second kappa shape index (κ2) is 5.04. The van der Waals surface area contributed by atoms with Crippen molar-refractivity contribution in [1.82, 2.24) is 9.78 Å². The van der Waals surface area contributed by atoms with Crippen LogP contribution in [0.5, 0.6) is 0 Å². The minimum absolute atomic E-state index is 0.324. The molecule has 0 aliphatic rings. The van der Waals surface area contributed by atoms with E-state index in [9.17, 15) is 4.79 Å². The van der Waals surface area contributed by atoms with Crippen molar-refractivity contribution in [3.8, 4) is 5.69 Å². The third-order valence-corrected chi connectivity index (χ3v) is 2.85. The first kappa shape index (κ1) is 12.4. The molecule has 1 aromatic carbocycles. The van der Waals surface area contributed by atoms with Crippen LogP contribution in [0, 0.1) is 13.8 Å². The highest BCUT2D eigenvalue weighted by Crippen LogP contribution is 2.17. The van der Waals surface area contributed by atoms with Crippen LogP contribution >= 0.6 is 0 Å². The van der Waals surface area contributed by atoms with E-state index in [1.165, 1.54) is 0 Å². The fourth-order valence-corrected chi connectivity index (χ4v) is 1.86. The predicted octanol–water partition coefficient (Wildman–Crippen LogP) is 2.67. The number of carbonyl (C=O) groups is 1. The maximum atomic E-state index is 11.7. The third-order valence-electron chi connectivity index (χ3n) is 2.85. The van der Waals surface area contributed by atoms with Gasteiger partial charge < -0.3 is 4.74 Å². The first-order chi connectivity index (χ1) is 8.65. The quantitative estimate of drug-likeness (QED) is 0.780. The number of hydrogen-bond donors (Lipinski definition) is 0. The largest absolute Gasteiger partial charge is 0.462 e. The fourth-order valence-electron chi connectivity index (χ4n) is 1.86. The molecule has 0 aliphatic carbocycles. The topological polar surface area (TPSA) is 44.1 Å². The van der Waals surface area contributed by atoms with Gasteiger partial charge in [0, 0.05) is 0 Å². The zero-order chi connectivity index (χ0) is 13.1. The smallest absolute Gasteiger partial charge is 0.341 e. The van der Waals surface area contributed by atoms with Crippen LogP contribution in [-0.4, -0.2) is 22.4 Å². The monoisotopic (exact) mass is 244 g/mol. The van der Waals surface area contributed by atoms with Crippen LogP contribution in [0.3, 0.4) is 0 Å². The molecule has 1 aromatic heterocycles. The molecule has 2 aromatic rings. The van der Waals surface area contributed by atoms with Gasteiger partial charge in [-0.05, 0) is 32.4 Å². The molecule has 0 atom stereocenters. The Morgan fingerprint density at radius 3 is 2.72 bits per heavy atom. The summed E-state index contributed by atoms with van der Waals surface area (Å²) in [6, 6.07) is 7.92. The van der Waals surface area contributed by atoms with E-state index in [2.05, 4.69) is 5.10 Å². The summed E-state index contributed by atoms with van der Waals surface area (Å²) in [4.78, 5) is 11.7. The molecule has 1 heterocycles. The predicted molar refractivity (Wildman–Crippen MR) is 69.0 cm³/mol. The van der Waals surface area contributed by atoms with E-state index in [0.29, 0.717) is 12.2 Å². The number of aromatic nitrogens is 2. The zero-order valence-electron chi connectivity index (χ0n) is 10.8. The van der Waals surface area contributed by atoms with Gasteiger partial charge in [0.05, 0.1) is 24.2 Å². The number of nitrogens with zero attached hydrogens (tertiary/aromatic N) is 2. The Morgan fingerprint density at radius 2 is 2.06 bits per heavy atom. The Kier molecular flexibility index (Phi) is 3.46. The second-order valence-electron chi connectivity index (χ2n) is 4.06. The summed E-state index contributed by atoms with van der Waals surface area (Å²) in [7, 11) is 0. The molecular weight excluding hydrogens is 228 g/mol. The van der Waals surface area contributed by atoms with E-state index >= 15 is 0 Å². The van der Waals surface area contributed by atoms with Gasteiger partial charge in [0.2, 0.25) is 0 Å². The highest BCUT2D eigenvalue weighted by Gasteiger charge is 2.16. The van der Waals surface area contributed by atoms with Gasteiger partial charge in [0.25, 0.3) is 0 Å². The molecule has 2 rings (SSSR count). The molecule has 18 heavy (non-hydrogen) atoms. The Morgan fingerprint density at radius 1 is 1.33 bits per heavy atom. The standard InChI is InChI=1S/C14H16N2O2/c1-4-18-14(17)12-9-15-16(11(12)3)13-8-6-5-7-10(13)2/h5-9H,4H2,1-3H3.